The van der Waals surface area contributed by atoms with Gasteiger partial charge in [-0.25, -0.2) is 20.8 Å². The molecule has 0 amide bonds. The minimum absolute atomic E-state index is 0.214. The van der Waals surface area contributed by atoms with Crippen LogP contribution in [0.4, 0.5) is 0 Å². The summed E-state index contributed by atoms with van der Waals surface area (Å²) in [5, 5.41) is 12.8. The zero-order valence-electron chi connectivity index (χ0n) is 21.6. The van der Waals surface area contributed by atoms with Crippen LogP contribution in [0.2, 0.25) is 0 Å². The summed E-state index contributed by atoms with van der Waals surface area (Å²) in [4.78, 5) is 16.8. The number of nitrogens with two attached hydrogens (primary N) is 2. The van der Waals surface area contributed by atoms with Crippen LogP contribution < -0.4 is 22.3 Å². The molecule has 0 aliphatic rings. The SMILES string of the molecule is NC(=NCc1cccnc1)N/N=C/c1c2ccccc2c(/C=N/NC(N)=NCc2cccnc2)c2ccccc12. The van der Waals surface area contributed by atoms with Crippen LogP contribution >= 0.6 is 0 Å². The fourth-order valence-electron chi connectivity index (χ4n) is 4.21. The third kappa shape index (κ3) is 6.43. The van der Waals surface area contributed by atoms with Crippen LogP contribution in [-0.2, 0) is 13.1 Å². The Labute approximate surface area is 231 Å². The number of hydrogen-bond donors (Lipinski definition) is 4. The van der Waals surface area contributed by atoms with E-state index < -0.39 is 0 Å². The van der Waals surface area contributed by atoms with Gasteiger partial charge in [0.1, 0.15) is 0 Å². The van der Waals surface area contributed by atoms with Crippen molar-refractivity contribution in [3.05, 3.63) is 120 Å². The Morgan fingerprint density at radius 2 is 1.00 bits per heavy atom. The molecule has 5 aromatic rings. The molecule has 0 atom stereocenters. The monoisotopic (exact) mass is 528 g/mol. The average molecular weight is 529 g/mol. The van der Waals surface area contributed by atoms with Crippen LogP contribution in [0.25, 0.3) is 21.5 Å². The molecule has 0 radical (unpaired) electrons. The molecule has 0 saturated carbocycles. The van der Waals surface area contributed by atoms with E-state index in [4.69, 9.17) is 11.5 Å². The van der Waals surface area contributed by atoms with Crippen molar-refractivity contribution in [3.63, 3.8) is 0 Å². The number of hydrogen-bond acceptors (Lipinski definition) is 6. The number of benzene rings is 3. The van der Waals surface area contributed by atoms with Crippen LogP contribution in [0, 0.1) is 0 Å². The number of nitrogens with zero attached hydrogens (tertiary/aromatic N) is 6. The summed E-state index contributed by atoms with van der Waals surface area (Å²) >= 11 is 0. The van der Waals surface area contributed by atoms with Crippen molar-refractivity contribution < 1.29 is 0 Å². The van der Waals surface area contributed by atoms with Gasteiger partial charge in [0.15, 0.2) is 0 Å². The van der Waals surface area contributed by atoms with Gasteiger partial charge in [0.05, 0.1) is 25.5 Å². The van der Waals surface area contributed by atoms with E-state index in [-0.39, 0.29) is 11.9 Å². The third-order valence-corrected chi connectivity index (χ3v) is 6.07. The van der Waals surface area contributed by atoms with Gasteiger partial charge in [-0.05, 0) is 44.8 Å². The summed E-state index contributed by atoms with van der Waals surface area (Å²) < 4.78 is 0. The fourth-order valence-corrected chi connectivity index (χ4v) is 4.21. The van der Waals surface area contributed by atoms with Gasteiger partial charge < -0.3 is 11.5 Å². The first kappa shape index (κ1) is 26.0. The third-order valence-electron chi connectivity index (χ3n) is 6.07. The molecule has 198 valence electrons. The van der Waals surface area contributed by atoms with E-state index in [1.165, 1.54) is 0 Å². The van der Waals surface area contributed by atoms with Gasteiger partial charge in [-0.1, -0.05) is 60.7 Å². The van der Waals surface area contributed by atoms with Crippen molar-refractivity contribution in [2.45, 2.75) is 13.1 Å². The first-order valence-corrected chi connectivity index (χ1v) is 12.6. The molecule has 0 saturated heterocycles. The molecule has 6 N–H and O–H groups in total. The van der Waals surface area contributed by atoms with Gasteiger partial charge in [0, 0.05) is 35.9 Å². The predicted octanol–water partition coefficient (Wildman–Crippen LogP) is 3.66. The standard InChI is InChI=1S/C30H28N10/c31-29(35-17-21-7-5-13-33-15-21)39-37-19-27-23-9-1-2-10-24(23)28(26-12-4-3-11-25(26)27)20-38-40-30(32)36-18-22-8-6-14-34-16-22/h1-16,19-20H,17-18H2,(H3,31,35,39)(H3,32,36,40)/b37-19+,38-20+. The highest BCUT2D eigenvalue weighted by Crippen LogP contribution is 2.31. The van der Waals surface area contributed by atoms with Crippen molar-refractivity contribution in [2.75, 3.05) is 0 Å². The lowest BCUT2D eigenvalue weighted by molar-refractivity contribution is 0.958. The zero-order chi connectivity index (χ0) is 27.6. The van der Waals surface area contributed by atoms with Crippen molar-refractivity contribution in [2.24, 2.45) is 31.7 Å². The summed E-state index contributed by atoms with van der Waals surface area (Å²) in [5.74, 6) is 0.428. The van der Waals surface area contributed by atoms with Gasteiger partial charge >= 0.3 is 0 Å². The van der Waals surface area contributed by atoms with Gasteiger partial charge in [-0.15, -0.1) is 0 Å². The highest BCUT2D eigenvalue weighted by atomic mass is 15.4. The quantitative estimate of drug-likeness (QED) is 0.104. The first-order valence-electron chi connectivity index (χ1n) is 12.6. The van der Waals surface area contributed by atoms with Gasteiger partial charge in [-0.3, -0.25) is 9.97 Å². The van der Waals surface area contributed by atoms with Crippen LogP contribution in [-0.4, -0.2) is 34.3 Å². The van der Waals surface area contributed by atoms with Crippen molar-refractivity contribution >= 4 is 45.9 Å². The largest absolute Gasteiger partial charge is 0.369 e. The molecule has 0 bridgehead atoms. The molecule has 2 heterocycles. The molecule has 40 heavy (non-hydrogen) atoms. The molecular weight excluding hydrogens is 500 g/mol. The first-order chi connectivity index (χ1) is 19.7. The number of hydrazone groups is 2. The maximum Gasteiger partial charge on any atom is 0.209 e. The van der Waals surface area contributed by atoms with Crippen molar-refractivity contribution in [1.82, 2.24) is 20.8 Å². The molecule has 0 aliphatic carbocycles. The van der Waals surface area contributed by atoms with E-state index in [1.807, 2.05) is 48.5 Å². The van der Waals surface area contributed by atoms with Gasteiger partial charge in [-0.2, -0.15) is 10.2 Å². The lowest BCUT2D eigenvalue weighted by atomic mass is 9.92. The Morgan fingerprint density at radius 3 is 1.35 bits per heavy atom. The van der Waals surface area contributed by atoms with E-state index in [1.54, 1.807) is 37.2 Å². The van der Waals surface area contributed by atoms with Crippen LogP contribution in [0.5, 0.6) is 0 Å². The fraction of sp³-hybridized carbons (Fsp3) is 0.0667. The average Bonchev–Trinajstić information content (AvgIpc) is 3.01. The normalized spacial score (nSPS) is 12.5. The van der Waals surface area contributed by atoms with Crippen LogP contribution in [0.3, 0.4) is 0 Å². The van der Waals surface area contributed by atoms with Crippen LogP contribution in [0.1, 0.15) is 22.3 Å². The second-order valence-electron chi connectivity index (χ2n) is 8.78. The summed E-state index contributed by atoms with van der Waals surface area (Å²) in [6.07, 6.45) is 10.5. The van der Waals surface area contributed by atoms with Gasteiger partial charge in [0.25, 0.3) is 0 Å². The Hall–Kier alpha value is -5.64. The number of nitrogens with one attached hydrogen (secondary N) is 2. The maximum atomic E-state index is 6.03. The number of fused-ring (bicyclic) bond motifs is 2. The Balaban J connectivity index is 1.39. The Bertz CT molecular complexity index is 1530. The summed E-state index contributed by atoms with van der Waals surface area (Å²) in [7, 11) is 0. The summed E-state index contributed by atoms with van der Waals surface area (Å²) in [6.45, 7) is 0.823. The van der Waals surface area contributed by atoms with E-state index >= 15 is 0 Å². The van der Waals surface area contributed by atoms with Crippen molar-refractivity contribution in [3.8, 4) is 0 Å². The number of aliphatic imine (C=N–C) groups is 2. The lowest BCUT2D eigenvalue weighted by Gasteiger charge is -2.12. The van der Waals surface area contributed by atoms with E-state index in [0.29, 0.717) is 13.1 Å². The van der Waals surface area contributed by atoms with E-state index in [0.717, 1.165) is 43.8 Å². The van der Waals surface area contributed by atoms with Crippen molar-refractivity contribution in [1.29, 1.82) is 0 Å². The minimum Gasteiger partial charge on any atom is -0.369 e. The molecule has 0 unspecified atom stereocenters. The molecule has 3 aromatic carbocycles. The highest BCUT2D eigenvalue weighted by Gasteiger charge is 2.11. The van der Waals surface area contributed by atoms with Crippen LogP contribution in [0.15, 0.2) is 118 Å². The Morgan fingerprint density at radius 1 is 0.600 bits per heavy atom. The maximum absolute atomic E-state index is 6.03. The lowest BCUT2D eigenvalue weighted by Crippen LogP contribution is -2.27. The molecule has 2 aromatic heterocycles. The van der Waals surface area contributed by atoms with E-state index in [9.17, 15) is 0 Å². The number of guanidine groups is 2. The molecule has 0 aliphatic heterocycles. The predicted molar refractivity (Wildman–Crippen MR) is 162 cm³/mol. The second kappa shape index (κ2) is 12.7. The zero-order valence-corrected chi connectivity index (χ0v) is 21.6. The Kier molecular flexibility index (Phi) is 8.28. The molecule has 10 nitrogen and oxygen atoms in total. The summed E-state index contributed by atoms with van der Waals surface area (Å²) in [5.41, 5.74) is 21.5. The number of aromatic nitrogens is 2. The van der Waals surface area contributed by atoms with Gasteiger partial charge in [0.2, 0.25) is 11.9 Å². The second-order valence-corrected chi connectivity index (χ2v) is 8.78. The minimum atomic E-state index is 0.214. The molecule has 5 rings (SSSR count). The molecule has 0 fully saturated rings. The topological polar surface area (TPSA) is 151 Å². The summed E-state index contributed by atoms with van der Waals surface area (Å²) in [6, 6.07) is 23.8. The number of pyridine rings is 2. The molecule has 0 spiro atoms. The smallest absolute Gasteiger partial charge is 0.209 e. The molecule has 10 heteroatoms. The van der Waals surface area contributed by atoms with E-state index in [2.05, 4.69) is 65.3 Å². The number of rotatable bonds is 8. The molecular formula is C30H28N10. The highest BCUT2D eigenvalue weighted by molar-refractivity contribution is 6.21.